The smallest absolute Gasteiger partial charge is 0.326 e. The minimum Gasteiger partial charge on any atom is -0.480 e. The normalized spacial score (nSPS) is 13.3. The highest BCUT2D eigenvalue weighted by atomic mass is 32.2. The van der Waals surface area contributed by atoms with Gasteiger partial charge in [0.05, 0.1) is 19.3 Å². The first-order valence-corrected chi connectivity index (χ1v) is 18.6. The van der Waals surface area contributed by atoms with Crippen molar-refractivity contribution in [3.8, 4) is 0 Å². The van der Waals surface area contributed by atoms with Gasteiger partial charge in [0, 0.05) is 37.6 Å². The molecule has 1 heterocycles. The summed E-state index contributed by atoms with van der Waals surface area (Å²) < 4.78 is 2.02. The standard InChI is InChI=1S/C40H47N5O4S/c1-4-28(2)37(43-38(46)21-33-22-41-27-45(33)24-32-16-10-14-30-12-6-8-18-35(30)32)25-44(26-39(47)42-36(40(48)49)19-20-50-3)23-31-15-9-13-29-11-5-7-17-34(29)31/h5-18,22,27-28,36-37H,4,19-21,23-26H2,1-3H3,(H,42,47)(H,43,46)(H,48,49)/t28?,36-,37+/m0/s1. The lowest BCUT2D eigenvalue weighted by molar-refractivity contribution is -0.142. The van der Waals surface area contributed by atoms with E-state index in [9.17, 15) is 19.5 Å². The predicted octanol–water partition coefficient (Wildman–Crippen LogP) is 6.14. The summed E-state index contributed by atoms with van der Waals surface area (Å²) in [5, 5.41) is 20.3. The van der Waals surface area contributed by atoms with Crippen molar-refractivity contribution in [2.24, 2.45) is 5.92 Å². The average Bonchev–Trinajstić information content (AvgIpc) is 3.55. The Hall–Kier alpha value is -4.67. The minimum absolute atomic E-state index is 0.00707. The van der Waals surface area contributed by atoms with E-state index in [-0.39, 0.29) is 36.7 Å². The van der Waals surface area contributed by atoms with Crippen LogP contribution >= 0.6 is 11.8 Å². The largest absolute Gasteiger partial charge is 0.480 e. The Kier molecular flexibility index (Phi) is 13.1. The Morgan fingerprint density at radius 1 is 0.880 bits per heavy atom. The third-order valence-electron chi connectivity index (χ3n) is 9.38. The molecule has 10 heteroatoms. The molecule has 0 bridgehead atoms. The number of amides is 2. The number of aliphatic carboxylic acids is 1. The van der Waals surface area contributed by atoms with Gasteiger partial charge in [-0.2, -0.15) is 11.8 Å². The number of nitrogens with one attached hydrogen (secondary N) is 2. The summed E-state index contributed by atoms with van der Waals surface area (Å²) in [6.07, 6.45) is 6.76. The predicted molar refractivity (Wildman–Crippen MR) is 202 cm³/mol. The molecule has 262 valence electrons. The average molecular weight is 694 g/mol. The zero-order valence-corrected chi connectivity index (χ0v) is 29.9. The number of carbonyl (C=O) groups excluding carboxylic acids is 2. The van der Waals surface area contributed by atoms with Crippen LogP contribution in [0.15, 0.2) is 97.5 Å². The van der Waals surface area contributed by atoms with Crippen molar-refractivity contribution in [2.75, 3.05) is 25.1 Å². The highest BCUT2D eigenvalue weighted by molar-refractivity contribution is 7.98. The third kappa shape index (κ3) is 9.73. The molecule has 3 N–H and O–H groups in total. The maximum atomic E-state index is 13.7. The van der Waals surface area contributed by atoms with Gasteiger partial charge in [0.2, 0.25) is 11.8 Å². The van der Waals surface area contributed by atoms with E-state index in [1.54, 1.807) is 24.3 Å². The van der Waals surface area contributed by atoms with Crippen LogP contribution in [0.25, 0.3) is 21.5 Å². The lowest BCUT2D eigenvalue weighted by atomic mass is 9.97. The molecule has 0 aliphatic carbocycles. The van der Waals surface area contributed by atoms with Crippen molar-refractivity contribution in [2.45, 2.75) is 58.3 Å². The first-order chi connectivity index (χ1) is 24.2. The van der Waals surface area contributed by atoms with Gasteiger partial charge in [0.15, 0.2) is 0 Å². The topological polar surface area (TPSA) is 117 Å². The van der Waals surface area contributed by atoms with E-state index >= 15 is 0 Å². The SMILES string of the molecule is CCC(C)[C@@H](CN(CC(=O)N[C@@H](CCSC)C(=O)O)Cc1cccc2ccccc12)NC(=O)Cc1cncn1Cc1cccc2ccccc12. The summed E-state index contributed by atoms with van der Waals surface area (Å²) in [4.78, 5) is 45.4. The molecule has 2 amide bonds. The van der Waals surface area contributed by atoms with E-state index in [4.69, 9.17) is 0 Å². The van der Waals surface area contributed by atoms with Gasteiger partial charge < -0.3 is 20.3 Å². The van der Waals surface area contributed by atoms with E-state index in [0.29, 0.717) is 31.8 Å². The van der Waals surface area contributed by atoms with Gasteiger partial charge in [0.25, 0.3) is 0 Å². The number of fused-ring (bicyclic) bond motifs is 2. The Labute approximate surface area is 298 Å². The number of aromatic nitrogens is 2. The number of carboxylic acid groups (broad SMARTS) is 1. The third-order valence-corrected chi connectivity index (χ3v) is 10.0. The van der Waals surface area contributed by atoms with E-state index in [0.717, 1.165) is 34.0 Å². The molecule has 9 nitrogen and oxygen atoms in total. The molecule has 0 aliphatic rings. The molecule has 1 aromatic heterocycles. The van der Waals surface area contributed by atoms with Crippen LogP contribution in [0.5, 0.6) is 0 Å². The van der Waals surface area contributed by atoms with Crippen LogP contribution in [0, 0.1) is 5.92 Å². The number of carbonyl (C=O) groups is 3. The number of imidazole rings is 1. The maximum Gasteiger partial charge on any atom is 0.326 e. The second-order valence-corrected chi connectivity index (χ2v) is 13.9. The van der Waals surface area contributed by atoms with Crippen LogP contribution in [-0.4, -0.2) is 74.5 Å². The van der Waals surface area contributed by atoms with E-state index in [1.807, 2.05) is 52.1 Å². The van der Waals surface area contributed by atoms with E-state index < -0.39 is 12.0 Å². The van der Waals surface area contributed by atoms with Gasteiger partial charge in [-0.25, -0.2) is 9.78 Å². The number of rotatable bonds is 18. The summed E-state index contributed by atoms with van der Waals surface area (Å²) in [6, 6.07) is 27.6. The highest BCUT2D eigenvalue weighted by Crippen LogP contribution is 2.22. The van der Waals surface area contributed by atoms with E-state index in [2.05, 4.69) is 78.0 Å². The van der Waals surface area contributed by atoms with Gasteiger partial charge in [-0.05, 0) is 57.0 Å². The lowest BCUT2D eigenvalue weighted by Crippen LogP contribution is -2.51. The quantitative estimate of drug-likeness (QED) is 0.101. The molecule has 0 fully saturated rings. The molecule has 50 heavy (non-hydrogen) atoms. The van der Waals surface area contributed by atoms with Gasteiger partial charge >= 0.3 is 5.97 Å². The van der Waals surface area contributed by atoms with Crippen molar-refractivity contribution in [3.05, 3.63) is 114 Å². The second kappa shape index (κ2) is 17.8. The fourth-order valence-electron chi connectivity index (χ4n) is 6.40. The van der Waals surface area contributed by atoms with Crippen molar-refractivity contribution < 1.29 is 19.5 Å². The Bertz CT molecular complexity index is 1900. The molecule has 4 aromatic carbocycles. The molecule has 5 rings (SSSR count). The van der Waals surface area contributed by atoms with Crippen molar-refractivity contribution >= 4 is 51.1 Å². The summed E-state index contributed by atoms with van der Waals surface area (Å²) >= 11 is 1.54. The number of hydrogen-bond donors (Lipinski definition) is 3. The number of hydrogen-bond acceptors (Lipinski definition) is 6. The van der Waals surface area contributed by atoms with Gasteiger partial charge in [-0.15, -0.1) is 0 Å². The van der Waals surface area contributed by atoms with Crippen LogP contribution in [0.4, 0.5) is 0 Å². The molecule has 0 saturated heterocycles. The maximum absolute atomic E-state index is 13.7. The van der Waals surface area contributed by atoms with Crippen LogP contribution in [0.3, 0.4) is 0 Å². The minimum atomic E-state index is -1.04. The number of benzene rings is 4. The zero-order chi connectivity index (χ0) is 35.5. The van der Waals surface area contributed by atoms with Crippen molar-refractivity contribution in [1.29, 1.82) is 0 Å². The Morgan fingerprint density at radius 2 is 1.52 bits per heavy atom. The van der Waals surface area contributed by atoms with Gasteiger partial charge in [-0.3, -0.25) is 14.5 Å². The van der Waals surface area contributed by atoms with Crippen LogP contribution in [-0.2, 0) is 33.9 Å². The lowest BCUT2D eigenvalue weighted by Gasteiger charge is -2.31. The van der Waals surface area contributed by atoms with Gasteiger partial charge in [-0.1, -0.05) is 105 Å². The van der Waals surface area contributed by atoms with Crippen molar-refractivity contribution in [1.82, 2.24) is 25.1 Å². The zero-order valence-electron chi connectivity index (χ0n) is 29.0. The Balaban J connectivity index is 1.33. The highest BCUT2D eigenvalue weighted by Gasteiger charge is 2.26. The molecular weight excluding hydrogens is 647 g/mol. The fourth-order valence-corrected chi connectivity index (χ4v) is 6.87. The molecule has 0 saturated carbocycles. The Morgan fingerprint density at radius 3 is 2.18 bits per heavy atom. The summed E-state index contributed by atoms with van der Waals surface area (Å²) in [5.74, 6) is -0.777. The summed E-state index contributed by atoms with van der Waals surface area (Å²) in [5.41, 5.74) is 3.02. The molecule has 0 radical (unpaired) electrons. The number of thioether (sulfide) groups is 1. The summed E-state index contributed by atoms with van der Waals surface area (Å²) in [6.45, 7) is 5.66. The van der Waals surface area contributed by atoms with E-state index in [1.165, 1.54) is 10.8 Å². The van der Waals surface area contributed by atoms with Gasteiger partial charge in [0.1, 0.15) is 6.04 Å². The molecule has 5 aromatic rings. The summed E-state index contributed by atoms with van der Waals surface area (Å²) in [7, 11) is 0. The molecule has 1 unspecified atom stereocenters. The second-order valence-electron chi connectivity index (χ2n) is 12.9. The van der Waals surface area contributed by atoms with Crippen LogP contribution < -0.4 is 10.6 Å². The first-order valence-electron chi connectivity index (χ1n) is 17.2. The number of carboxylic acids is 1. The molecule has 3 atom stereocenters. The molecule has 0 aliphatic heterocycles. The monoisotopic (exact) mass is 693 g/mol. The van der Waals surface area contributed by atoms with Crippen LogP contribution in [0.1, 0.15) is 43.5 Å². The molecular formula is C40H47N5O4S. The first kappa shape index (κ1) is 36.6. The molecule has 0 spiro atoms. The fraction of sp³-hybridized carbons (Fsp3) is 0.350. The van der Waals surface area contributed by atoms with Crippen molar-refractivity contribution in [3.63, 3.8) is 0 Å². The number of nitrogens with zero attached hydrogens (tertiary/aromatic N) is 3. The van der Waals surface area contributed by atoms with Crippen LogP contribution in [0.2, 0.25) is 0 Å².